The van der Waals surface area contributed by atoms with Crippen LogP contribution in [0.25, 0.3) is 10.8 Å². The zero-order valence-corrected chi connectivity index (χ0v) is 8.80. The second-order valence-electron chi connectivity index (χ2n) is 3.08. The Morgan fingerprint density at radius 2 is 1.85 bits per heavy atom. The minimum absolute atomic E-state index is 0.314. The number of hydrogen-bond acceptors (Lipinski definition) is 1. The number of phenols is 1. The summed E-state index contributed by atoms with van der Waals surface area (Å²) in [6.07, 6.45) is 0. The number of benzene rings is 2. The third-order valence-electron chi connectivity index (χ3n) is 2.21. The van der Waals surface area contributed by atoms with Gasteiger partial charge >= 0.3 is 0 Å². The van der Waals surface area contributed by atoms with Gasteiger partial charge in [0.05, 0.1) is 0 Å². The fourth-order valence-electron chi connectivity index (χ4n) is 1.43. The van der Waals surface area contributed by atoms with E-state index < -0.39 is 0 Å². The van der Waals surface area contributed by atoms with Gasteiger partial charge in [-0.2, -0.15) is 0 Å². The predicted molar refractivity (Wildman–Crippen MR) is 58.0 cm³/mol. The van der Waals surface area contributed by atoms with Gasteiger partial charge in [0, 0.05) is 4.47 Å². The molecule has 13 heavy (non-hydrogen) atoms. The lowest BCUT2D eigenvalue weighted by atomic mass is 10.1. The summed E-state index contributed by atoms with van der Waals surface area (Å²) < 4.78 is 1.07. The van der Waals surface area contributed by atoms with Crippen LogP contribution in [0, 0.1) is 6.92 Å². The van der Waals surface area contributed by atoms with Gasteiger partial charge in [-0.25, -0.2) is 0 Å². The third-order valence-corrected chi connectivity index (χ3v) is 3.07. The van der Waals surface area contributed by atoms with E-state index in [0.29, 0.717) is 5.75 Å². The van der Waals surface area contributed by atoms with Crippen molar-refractivity contribution in [1.29, 1.82) is 0 Å². The molecule has 0 heterocycles. The molecule has 2 heteroatoms. The Hall–Kier alpha value is -1.02. The van der Waals surface area contributed by atoms with Crippen LogP contribution in [0.3, 0.4) is 0 Å². The molecule has 0 spiro atoms. The fourth-order valence-corrected chi connectivity index (χ4v) is 1.78. The predicted octanol–water partition coefficient (Wildman–Crippen LogP) is 3.62. The molecule has 0 aromatic heterocycles. The molecule has 2 aromatic carbocycles. The van der Waals surface area contributed by atoms with Gasteiger partial charge in [-0.05, 0) is 41.5 Å². The van der Waals surface area contributed by atoms with Gasteiger partial charge in [-0.15, -0.1) is 0 Å². The van der Waals surface area contributed by atoms with Gasteiger partial charge in [0.15, 0.2) is 0 Å². The van der Waals surface area contributed by atoms with Gasteiger partial charge in [0.25, 0.3) is 0 Å². The number of phenolic OH excluding ortho intramolecular Hbond substituents is 1. The summed E-state index contributed by atoms with van der Waals surface area (Å²) in [6.45, 7) is 2.03. The van der Waals surface area contributed by atoms with E-state index in [9.17, 15) is 5.11 Å². The highest BCUT2D eigenvalue weighted by Crippen LogP contribution is 2.28. The largest absolute Gasteiger partial charge is 0.508 e. The lowest BCUT2D eigenvalue weighted by Gasteiger charge is -2.04. The SMILES string of the molecule is Cc1c(Br)ccc2ccc(O)cc12. The maximum Gasteiger partial charge on any atom is 0.116 e. The third kappa shape index (κ3) is 1.42. The van der Waals surface area contributed by atoms with Crippen LogP contribution in [0.15, 0.2) is 34.8 Å². The van der Waals surface area contributed by atoms with Crippen LogP contribution < -0.4 is 0 Å². The van der Waals surface area contributed by atoms with Crippen molar-refractivity contribution in [2.24, 2.45) is 0 Å². The lowest BCUT2D eigenvalue weighted by molar-refractivity contribution is 0.476. The first-order valence-electron chi connectivity index (χ1n) is 4.06. The average molecular weight is 237 g/mol. The van der Waals surface area contributed by atoms with Gasteiger partial charge in [-0.1, -0.05) is 28.1 Å². The minimum atomic E-state index is 0.314. The molecule has 2 aromatic rings. The van der Waals surface area contributed by atoms with Crippen molar-refractivity contribution in [3.8, 4) is 5.75 Å². The molecule has 0 saturated carbocycles. The van der Waals surface area contributed by atoms with Crippen LogP contribution in [0.1, 0.15) is 5.56 Å². The molecule has 1 N–H and O–H groups in total. The molecular weight excluding hydrogens is 228 g/mol. The summed E-state index contributed by atoms with van der Waals surface area (Å²) in [5.41, 5.74) is 1.16. The normalized spacial score (nSPS) is 10.6. The van der Waals surface area contributed by atoms with E-state index in [-0.39, 0.29) is 0 Å². The molecule has 2 rings (SSSR count). The number of aromatic hydroxyl groups is 1. The second-order valence-corrected chi connectivity index (χ2v) is 3.93. The highest BCUT2D eigenvalue weighted by Gasteiger charge is 2.01. The molecule has 0 atom stereocenters. The molecule has 0 unspecified atom stereocenters. The molecule has 0 fully saturated rings. The van der Waals surface area contributed by atoms with Crippen LogP contribution in [-0.2, 0) is 0 Å². The first-order valence-corrected chi connectivity index (χ1v) is 4.85. The summed E-state index contributed by atoms with van der Waals surface area (Å²) in [7, 11) is 0. The monoisotopic (exact) mass is 236 g/mol. The maximum absolute atomic E-state index is 9.33. The number of hydrogen-bond donors (Lipinski definition) is 1. The summed E-state index contributed by atoms with van der Waals surface area (Å²) in [5, 5.41) is 11.6. The van der Waals surface area contributed by atoms with E-state index in [4.69, 9.17) is 0 Å². The first-order chi connectivity index (χ1) is 6.18. The number of aryl methyl sites for hydroxylation is 1. The van der Waals surface area contributed by atoms with Crippen molar-refractivity contribution in [2.45, 2.75) is 6.92 Å². The van der Waals surface area contributed by atoms with E-state index in [0.717, 1.165) is 20.8 Å². The van der Waals surface area contributed by atoms with E-state index in [2.05, 4.69) is 15.9 Å². The van der Waals surface area contributed by atoms with Crippen molar-refractivity contribution < 1.29 is 5.11 Å². The zero-order chi connectivity index (χ0) is 9.42. The van der Waals surface area contributed by atoms with Gasteiger partial charge in [0.2, 0.25) is 0 Å². The molecule has 66 valence electrons. The molecule has 1 nitrogen and oxygen atoms in total. The minimum Gasteiger partial charge on any atom is -0.508 e. The Morgan fingerprint density at radius 3 is 2.62 bits per heavy atom. The van der Waals surface area contributed by atoms with Gasteiger partial charge in [-0.3, -0.25) is 0 Å². The van der Waals surface area contributed by atoms with Gasteiger partial charge in [0.1, 0.15) is 5.75 Å². The Labute approximate surface area is 85.1 Å². The molecule has 0 aliphatic rings. The van der Waals surface area contributed by atoms with Crippen LogP contribution in [-0.4, -0.2) is 5.11 Å². The average Bonchev–Trinajstić information content (AvgIpc) is 2.12. The fraction of sp³-hybridized carbons (Fsp3) is 0.0909. The topological polar surface area (TPSA) is 20.2 Å². The standard InChI is InChI=1S/C11H9BrO/c1-7-10-6-9(13)4-2-8(10)3-5-11(7)12/h2-6,13H,1H3. The zero-order valence-electron chi connectivity index (χ0n) is 7.21. The second kappa shape index (κ2) is 3.04. The maximum atomic E-state index is 9.33. The molecular formula is C11H9BrO. The molecule has 0 saturated heterocycles. The summed E-state index contributed by atoms with van der Waals surface area (Å²) >= 11 is 3.46. The number of fused-ring (bicyclic) bond motifs is 1. The smallest absolute Gasteiger partial charge is 0.116 e. The van der Waals surface area contributed by atoms with Crippen LogP contribution in [0.4, 0.5) is 0 Å². The van der Waals surface area contributed by atoms with Crippen molar-refractivity contribution >= 4 is 26.7 Å². The molecule has 0 aliphatic carbocycles. The number of halogens is 1. The summed E-state index contributed by atoms with van der Waals surface area (Å²) in [5.74, 6) is 0.314. The van der Waals surface area contributed by atoms with Crippen LogP contribution >= 0.6 is 15.9 Å². The molecule has 0 radical (unpaired) electrons. The van der Waals surface area contributed by atoms with E-state index in [1.54, 1.807) is 12.1 Å². The first kappa shape index (κ1) is 8.57. The molecule has 0 aliphatic heterocycles. The Balaban J connectivity index is 2.89. The van der Waals surface area contributed by atoms with Crippen molar-refractivity contribution in [2.75, 3.05) is 0 Å². The summed E-state index contributed by atoms with van der Waals surface area (Å²) in [4.78, 5) is 0. The number of rotatable bonds is 0. The summed E-state index contributed by atoms with van der Waals surface area (Å²) in [6, 6.07) is 9.47. The quantitative estimate of drug-likeness (QED) is 0.741. The van der Waals surface area contributed by atoms with Gasteiger partial charge < -0.3 is 5.11 Å². The Bertz CT molecular complexity index is 458. The molecule has 0 amide bonds. The Morgan fingerprint density at radius 1 is 1.15 bits per heavy atom. The lowest BCUT2D eigenvalue weighted by Crippen LogP contribution is -1.79. The van der Waals surface area contributed by atoms with Crippen molar-refractivity contribution in [1.82, 2.24) is 0 Å². The van der Waals surface area contributed by atoms with Crippen LogP contribution in [0.5, 0.6) is 5.75 Å². The van der Waals surface area contributed by atoms with Crippen LogP contribution in [0.2, 0.25) is 0 Å². The highest BCUT2D eigenvalue weighted by molar-refractivity contribution is 9.10. The van der Waals surface area contributed by atoms with Crippen molar-refractivity contribution in [3.05, 3.63) is 40.4 Å². The van der Waals surface area contributed by atoms with E-state index in [1.807, 2.05) is 25.1 Å². The van der Waals surface area contributed by atoms with Crippen molar-refractivity contribution in [3.63, 3.8) is 0 Å². The molecule has 0 bridgehead atoms. The van der Waals surface area contributed by atoms with E-state index >= 15 is 0 Å². The Kier molecular flexibility index (Phi) is 2.00. The highest BCUT2D eigenvalue weighted by atomic mass is 79.9. The van der Waals surface area contributed by atoms with E-state index in [1.165, 1.54) is 0 Å².